The minimum absolute atomic E-state index is 0.561. The molecule has 0 aliphatic rings. The normalized spacial score (nSPS) is 13.1. The number of rotatable bonds is 7. The van der Waals surface area contributed by atoms with Crippen LogP contribution in [0.15, 0.2) is 0 Å². The van der Waals surface area contributed by atoms with Gasteiger partial charge in [-0.1, -0.05) is 4.49 Å². The van der Waals surface area contributed by atoms with Crippen molar-refractivity contribution in [1.82, 2.24) is 14.5 Å². The lowest BCUT2D eigenvalue weighted by molar-refractivity contribution is 0.267. The Labute approximate surface area is 106 Å². The average Bonchev–Trinajstić information content (AvgIpc) is 2.67. The molecule has 0 spiro atoms. The zero-order valence-electron chi connectivity index (χ0n) is 10.4. The Bertz CT molecular complexity index is 303. The second kappa shape index (κ2) is 7.09. The number of thioether (sulfide) groups is 1. The molecule has 1 N–H and O–H groups in total. The summed E-state index contributed by atoms with van der Waals surface area (Å²) in [6.45, 7) is 6.11. The highest BCUT2D eigenvalue weighted by molar-refractivity contribution is 7.98. The van der Waals surface area contributed by atoms with Crippen molar-refractivity contribution in [2.45, 2.75) is 26.4 Å². The summed E-state index contributed by atoms with van der Waals surface area (Å²) in [6, 6.07) is 0.561. The summed E-state index contributed by atoms with van der Waals surface area (Å²) in [4.78, 5) is 2.31. The van der Waals surface area contributed by atoms with Gasteiger partial charge in [-0.3, -0.25) is 4.90 Å². The first kappa shape index (κ1) is 13.7. The van der Waals surface area contributed by atoms with E-state index in [-0.39, 0.29) is 0 Å². The first-order chi connectivity index (χ1) is 7.69. The topological polar surface area (TPSA) is 41.1 Å². The predicted molar refractivity (Wildman–Crippen MR) is 73.4 cm³/mol. The van der Waals surface area contributed by atoms with Crippen molar-refractivity contribution < 1.29 is 0 Å². The van der Waals surface area contributed by atoms with Crippen molar-refractivity contribution in [1.29, 1.82) is 0 Å². The van der Waals surface area contributed by atoms with Gasteiger partial charge < -0.3 is 5.32 Å². The Hall–Kier alpha value is -0.330. The maximum Gasteiger partial charge on any atom is 0.134 e. The third-order valence-corrected chi connectivity index (χ3v) is 3.99. The Morgan fingerprint density at radius 3 is 2.94 bits per heavy atom. The van der Waals surface area contributed by atoms with Crippen LogP contribution in [-0.2, 0) is 6.54 Å². The SMILES string of the molecule is CCNc1snnc1CN(C)C(C)CSC. The third kappa shape index (κ3) is 3.92. The molecule has 1 rings (SSSR count). The van der Waals surface area contributed by atoms with Gasteiger partial charge in [-0.2, -0.15) is 11.8 Å². The predicted octanol–water partition coefficient (Wildman–Crippen LogP) is 2.15. The lowest BCUT2D eigenvalue weighted by atomic mass is 10.3. The van der Waals surface area contributed by atoms with Crippen LogP contribution in [0.2, 0.25) is 0 Å². The number of aromatic nitrogens is 2. The molecule has 0 saturated carbocycles. The van der Waals surface area contributed by atoms with Gasteiger partial charge >= 0.3 is 0 Å². The van der Waals surface area contributed by atoms with Crippen LogP contribution >= 0.6 is 23.3 Å². The van der Waals surface area contributed by atoms with Crippen molar-refractivity contribution >= 4 is 28.3 Å². The van der Waals surface area contributed by atoms with Gasteiger partial charge in [0.05, 0.1) is 0 Å². The molecule has 1 aromatic rings. The van der Waals surface area contributed by atoms with E-state index in [1.165, 1.54) is 11.5 Å². The van der Waals surface area contributed by atoms with Crippen molar-refractivity contribution in [3.63, 3.8) is 0 Å². The minimum Gasteiger partial charge on any atom is -0.374 e. The van der Waals surface area contributed by atoms with Gasteiger partial charge in [0.25, 0.3) is 0 Å². The highest BCUT2D eigenvalue weighted by atomic mass is 32.2. The highest BCUT2D eigenvalue weighted by Gasteiger charge is 2.13. The first-order valence-corrected chi connectivity index (χ1v) is 7.60. The molecule has 16 heavy (non-hydrogen) atoms. The zero-order chi connectivity index (χ0) is 12.0. The lowest BCUT2D eigenvalue weighted by Gasteiger charge is -2.23. The molecule has 0 aromatic carbocycles. The number of hydrogen-bond donors (Lipinski definition) is 1. The largest absolute Gasteiger partial charge is 0.374 e. The fourth-order valence-electron chi connectivity index (χ4n) is 1.37. The molecule has 4 nitrogen and oxygen atoms in total. The second-order valence-corrected chi connectivity index (χ2v) is 5.46. The number of anilines is 1. The molecule has 1 unspecified atom stereocenters. The van der Waals surface area contributed by atoms with E-state index in [1.54, 1.807) is 0 Å². The number of nitrogens with one attached hydrogen (secondary N) is 1. The molecule has 0 amide bonds. The van der Waals surface area contributed by atoms with Crippen LogP contribution in [0.3, 0.4) is 0 Å². The van der Waals surface area contributed by atoms with Crippen LogP contribution < -0.4 is 5.32 Å². The van der Waals surface area contributed by atoms with Gasteiger partial charge in [0.15, 0.2) is 0 Å². The average molecular weight is 260 g/mol. The van der Waals surface area contributed by atoms with Crippen molar-refractivity contribution in [3.05, 3.63) is 5.69 Å². The van der Waals surface area contributed by atoms with E-state index in [9.17, 15) is 0 Å². The maximum absolute atomic E-state index is 4.17. The lowest BCUT2D eigenvalue weighted by Crippen LogP contribution is -2.30. The van der Waals surface area contributed by atoms with E-state index in [2.05, 4.69) is 47.0 Å². The third-order valence-electron chi connectivity index (χ3n) is 2.45. The molecule has 0 saturated heterocycles. The second-order valence-electron chi connectivity index (χ2n) is 3.80. The maximum atomic E-state index is 4.17. The van der Waals surface area contributed by atoms with Gasteiger partial charge in [-0.15, -0.1) is 5.10 Å². The van der Waals surface area contributed by atoms with E-state index in [0.29, 0.717) is 6.04 Å². The fourth-order valence-corrected chi connectivity index (χ4v) is 2.74. The number of hydrogen-bond acceptors (Lipinski definition) is 6. The highest BCUT2D eigenvalue weighted by Crippen LogP contribution is 2.19. The Morgan fingerprint density at radius 1 is 1.56 bits per heavy atom. The molecule has 92 valence electrons. The molecule has 0 aliphatic carbocycles. The Kier molecular flexibility index (Phi) is 6.08. The van der Waals surface area contributed by atoms with Crippen LogP contribution in [0.5, 0.6) is 0 Å². The summed E-state index contributed by atoms with van der Waals surface area (Å²) in [5, 5.41) is 8.57. The van der Waals surface area contributed by atoms with E-state index in [0.717, 1.165) is 29.5 Å². The Balaban J connectivity index is 2.54. The van der Waals surface area contributed by atoms with Crippen LogP contribution in [-0.4, -0.2) is 46.1 Å². The fraction of sp³-hybridized carbons (Fsp3) is 0.800. The molecule has 0 aliphatic heterocycles. The van der Waals surface area contributed by atoms with E-state index >= 15 is 0 Å². The molecule has 1 atom stereocenters. The van der Waals surface area contributed by atoms with Crippen molar-refractivity contribution in [2.24, 2.45) is 0 Å². The summed E-state index contributed by atoms with van der Waals surface area (Å²) < 4.78 is 4.00. The summed E-state index contributed by atoms with van der Waals surface area (Å²) in [6.07, 6.45) is 2.14. The van der Waals surface area contributed by atoms with Gasteiger partial charge in [0, 0.05) is 36.4 Å². The van der Waals surface area contributed by atoms with Crippen LogP contribution in [0, 0.1) is 0 Å². The zero-order valence-corrected chi connectivity index (χ0v) is 12.0. The molecule has 0 fully saturated rings. The van der Waals surface area contributed by atoms with Crippen molar-refractivity contribution in [2.75, 3.05) is 30.9 Å². The molecule has 0 radical (unpaired) electrons. The standard InChI is InChI=1S/C10H20N4S2/c1-5-11-10-9(12-13-16-10)6-14(3)8(2)7-15-4/h8,11H,5-7H2,1-4H3. The van der Waals surface area contributed by atoms with E-state index < -0.39 is 0 Å². The summed E-state index contributed by atoms with van der Waals surface area (Å²) in [7, 11) is 2.13. The van der Waals surface area contributed by atoms with Gasteiger partial charge in [0.2, 0.25) is 0 Å². The van der Waals surface area contributed by atoms with Crippen LogP contribution in [0.4, 0.5) is 5.00 Å². The smallest absolute Gasteiger partial charge is 0.134 e. The summed E-state index contributed by atoms with van der Waals surface area (Å²) in [5.74, 6) is 1.14. The van der Waals surface area contributed by atoms with Crippen molar-refractivity contribution in [3.8, 4) is 0 Å². The van der Waals surface area contributed by atoms with Crippen LogP contribution in [0.1, 0.15) is 19.5 Å². The molecule has 0 bridgehead atoms. The first-order valence-electron chi connectivity index (χ1n) is 5.43. The Morgan fingerprint density at radius 2 is 2.31 bits per heavy atom. The number of nitrogens with zero attached hydrogens (tertiary/aromatic N) is 3. The summed E-state index contributed by atoms with van der Waals surface area (Å²) >= 11 is 3.31. The quantitative estimate of drug-likeness (QED) is 0.813. The van der Waals surface area contributed by atoms with Gasteiger partial charge in [-0.05, 0) is 27.2 Å². The summed E-state index contributed by atoms with van der Waals surface area (Å²) in [5.41, 5.74) is 1.06. The molecule has 1 heterocycles. The minimum atomic E-state index is 0.561. The molecule has 1 aromatic heterocycles. The monoisotopic (exact) mass is 260 g/mol. The molecular weight excluding hydrogens is 240 g/mol. The van der Waals surface area contributed by atoms with Crippen LogP contribution in [0.25, 0.3) is 0 Å². The van der Waals surface area contributed by atoms with E-state index in [4.69, 9.17) is 0 Å². The van der Waals surface area contributed by atoms with Gasteiger partial charge in [-0.25, -0.2) is 0 Å². The van der Waals surface area contributed by atoms with E-state index in [1.807, 2.05) is 11.8 Å². The molecule has 6 heteroatoms. The molecular formula is C10H20N4S2. The van der Waals surface area contributed by atoms with Gasteiger partial charge in [0.1, 0.15) is 10.7 Å².